The first-order valence-electron chi connectivity index (χ1n) is 7.93. The summed E-state index contributed by atoms with van der Waals surface area (Å²) in [4.78, 5) is 0. The van der Waals surface area contributed by atoms with E-state index in [0.29, 0.717) is 0 Å². The highest BCUT2D eigenvalue weighted by atomic mass is 35.5. The molecule has 0 bridgehead atoms. The first-order chi connectivity index (χ1) is 10.9. The first kappa shape index (κ1) is 20.7. The number of hydrogen-bond donors (Lipinski definition) is 1. The van der Waals surface area contributed by atoms with Gasteiger partial charge in [-0.25, -0.2) is 0 Å². The Morgan fingerprint density at radius 3 is 1.50 bits per heavy atom. The van der Waals surface area contributed by atoms with E-state index in [-0.39, 0.29) is 11.1 Å². The highest BCUT2D eigenvalue weighted by Gasteiger charge is 2.11. The van der Waals surface area contributed by atoms with Gasteiger partial charge in [-0.1, -0.05) is 23.2 Å². The number of halogens is 2. The summed E-state index contributed by atoms with van der Waals surface area (Å²) >= 11 is 11.5. The maximum atomic E-state index is 5.76. The average molecular weight is 368 g/mol. The van der Waals surface area contributed by atoms with Crippen LogP contribution in [0.15, 0.2) is 48.5 Å². The molecule has 0 amide bonds. The van der Waals surface area contributed by atoms with Crippen LogP contribution in [0.1, 0.15) is 41.5 Å². The molecule has 0 aromatic heterocycles. The Morgan fingerprint density at radius 2 is 1.12 bits per heavy atom. The molecule has 0 saturated heterocycles. The lowest BCUT2D eigenvalue weighted by Crippen LogP contribution is -2.25. The maximum absolute atomic E-state index is 5.76. The molecule has 4 heteroatoms. The van der Waals surface area contributed by atoms with E-state index in [2.05, 4.69) is 26.1 Å². The second-order valence-corrected chi connectivity index (χ2v) is 8.42. The summed E-state index contributed by atoms with van der Waals surface area (Å²) in [7, 11) is 0. The van der Waals surface area contributed by atoms with Crippen molar-refractivity contribution in [3.05, 3.63) is 58.6 Å². The molecular formula is C20H27Cl2NO. The lowest BCUT2D eigenvalue weighted by atomic mass is 10.1. The van der Waals surface area contributed by atoms with Gasteiger partial charge >= 0.3 is 0 Å². The van der Waals surface area contributed by atoms with Crippen molar-refractivity contribution in [2.45, 2.75) is 52.7 Å². The van der Waals surface area contributed by atoms with Crippen molar-refractivity contribution in [2.24, 2.45) is 0 Å². The number of rotatable bonds is 2. The molecular weight excluding hydrogens is 341 g/mol. The van der Waals surface area contributed by atoms with Crippen LogP contribution in [-0.2, 0) is 0 Å². The highest BCUT2D eigenvalue weighted by molar-refractivity contribution is 6.30. The molecule has 0 unspecified atom stereocenters. The molecule has 0 aliphatic carbocycles. The topological polar surface area (TPSA) is 21.3 Å². The van der Waals surface area contributed by atoms with Gasteiger partial charge in [-0.3, -0.25) is 0 Å². The monoisotopic (exact) mass is 367 g/mol. The molecule has 2 rings (SSSR count). The normalized spacial score (nSPS) is 11.3. The van der Waals surface area contributed by atoms with Crippen LogP contribution < -0.4 is 10.1 Å². The van der Waals surface area contributed by atoms with Crippen LogP contribution in [0.4, 0.5) is 5.69 Å². The zero-order valence-electron chi connectivity index (χ0n) is 15.3. The van der Waals surface area contributed by atoms with Crippen molar-refractivity contribution in [1.82, 2.24) is 0 Å². The molecule has 2 aromatic rings. The summed E-state index contributed by atoms with van der Waals surface area (Å²) < 4.78 is 5.60. The Balaban J connectivity index is 0.000000240. The lowest BCUT2D eigenvalue weighted by Gasteiger charge is -2.21. The van der Waals surface area contributed by atoms with Crippen molar-refractivity contribution >= 4 is 28.9 Å². The molecule has 0 saturated carbocycles. The van der Waals surface area contributed by atoms with Crippen LogP contribution >= 0.6 is 23.2 Å². The molecule has 24 heavy (non-hydrogen) atoms. The smallest absolute Gasteiger partial charge is 0.120 e. The van der Waals surface area contributed by atoms with Gasteiger partial charge in [-0.2, -0.15) is 0 Å². The Morgan fingerprint density at radius 1 is 0.708 bits per heavy atom. The van der Waals surface area contributed by atoms with Gasteiger partial charge < -0.3 is 10.1 Å². The first-order valence-corrected chi connectivity index (χ1v) is 8.68. The third kappa shape index (κ3) is 9.69. The van der Waals surface area contributed by atoms with Crippen molar-refractivity contribution < 1.29 is 4.74 Å². The summed E-state index contributed by atoms with van der Waals surface area (Å²) in [5.74, 6) is 0.854. The van der Waals surface area contributed by atoms with Gasteiger partial charge in [0.1, 0.15) is 11.4 Å². The van der Waals surface area contributed by atoms with E-state index in [1.165, 1.54) is 0 Å². The predicted octanol–water partition coefficient (Wildman–Crippen LogP) is 7.07. The van der Waals surface area contributed by atoms with E-state index in [9.17, 15) is 0 Å². The molecule has 0 radical (unpaired) electrons. The van der Waals surface area contributed by atoms with Gasteiger partial charge in [0, 0.05) is 21.3 Å². The largest absolute Gasteiger partial charge is 0.488 e. The third-order valence-electron chi connectivity index (χ3n) is 2.60. The fraction of sp³-hybridized carbons (Fsp3) is 0.400. The maximum Gasteiger partial charge on any atom is 0.120 e. The van der Waals surface area contributed by atoms with Gasteiger partial charge in [0.2, 0.25) is 0 Å². The summed E-state index contributed by atoms with van der Waals surface area (Å²) in [5, 5.41) is 4.85. The summed E-state index contributed by atoms with van der Waals surface area (Å²) in [6, 6.07) is 15.1. The second-order valence-electron chi connectivity index (χ2n) is 7.55. The van der Waals surface area contributed by atoms with Gasteiger partial charge in [0.05, 0.1) is 0 Å². The van der Waals surface area contributed by atoms with E-state index in [4.69, 9.17) is 27.9 Å². The molecule has 0 aliphatic rings. The number of anilines is 1. The minimum atomic E-state index is -0.145. The van der Waals surface area contributed by atoms with E-state index >= 15 is 0 Å². The summed E-state index contributed by atoms with van der Waals surface area (Å²) in [6.07, 6.45) is 0. The van der Waals surface area contributed by atoms with Crippen LogP contribution in [0.3, 0.4) is 0 Å². The lowest BCUT2D eigenvalue weighted by molar-refractivity contribution is 0.131. The quantitative estimate of drug-likeness (QED) is 0.612. The van der Waals surface area contributed by atoms with Crippen LogP contribution in [0.25, 0.3) is 0 Å². The molecule has 0 aliphatic heterocycles. The Hall–Kier alpha value is -1.38. The fourth-order valence-corrected chi connectivity index (χ4v) is 2.07. The van der Waals surface area contributed by atoms with Crippen molar-refractivity contribution in [1.29, 1.82) is 0 Å². The van der Waals surface area contributed by atoms with E-state index in [1.807, 2.05) is 69.3 Å². The van der Waals surface area contributed by atoms with Crippen LogP contribution in [-0.4, -0.2) is 11.1 Å². The average Bonchev–Trinajstić information content (AvgIpc) is 2.42. The SMILES string of the molecule is CC(C)(C)Nc1ccc(Cl)cc1.CC(C)(C)Oc1ccc(Cl)cc1. The summed E-state index contributed by atoms with van der Waals surface area (Å²) in [5.41, 5.74) is 1.06. The van der Waals surface area contributed by atoms with E-state index in [1.54, 1.807) is 0 Å². The second kappa shape index (κ2) is 8.64. The Bertz CT molecular complexity index is 551. The molecule has 0 spiro atoms. The van der Waals surface area contributed by atoms with Crippen molar-refractivity contribution in [2.75, 3.05) is 5.32 Å². The minimum absolute atomic E-state index is 0.105. The van der Waals surface area contributed by atoms with Gasteiger partial charge in [-0.05, 0) is 90.1 Å². The number of ether oxygens (including phenoxy) is 1. The molecule has 2 nitrogen and oxygen atoms in total. The fourth-order valence-electron chi connectivity index (χ4n) is 1.82. The Labute approximate surface area is 156 Å². The van der Waals surface area contributed by atoms with Crippen molar-refractivity contribution in [3.63, 3.8) is 0 Å². The zero-order valence-corrected chi connectivity index (χ0v) is 16.8. The van der Waals surface area contributed by atoms with E-state index in [0.717, 1.165) is 21.5 Å². The predicted molar refractivity (Wildman–Crippen MR) is 107 cm³/mol. The van der Waals surface area contributed by atoms with Gasteiger partial charge in [0.25, 0.3) is 0 Å². The van der Waals surface area contributed by atoms with Crippen LogP contribution in [0.5, 0.6) is 5.75 Å². The molecule has 2 aromatic carbocycles. The molecule has 1 N–H and O–H groups in total. The number of hydrogen-bond acceptors (Lipinski definition) is 2. The van der Waals surface area contributed by atoms with Gasteiger partial charge in [-0.15, -0.1) is 0 Å². The molecule has 0 atom stereocenters. The number of benzene rings is 2. The molecule has 132 valence electrons. The molecule has 0 fully saturated rings. The standard InChI is InChI=1S/C10H14ClN.C10H13ClO/c2*1-10(2,3)12-9-6-4-8(11)5-7-9/h4-7,12H,1-3H3;4-7H,1-3H3. The Kier molecular flexibility index (Phi) is 7.44. The van der Waals surface area contributed by atoms with Gasteiger partial charge in [0.15, 0.2) is 0 Å². The zero-order chi connectivity index (χ0) is 18.4. The third-order valence-corrected chi connectivity index (χ3v) is 3.11. The minimum Gasteiger partial charge on any atom is -0.488 e. The van der Waals surface area contributed by atoms with Crippen LogP contribution in [0.2, 0.25) is 10.0 Å². The highest BCUT2D eigenvalue weighted by Crippen LogP contribution is 2.20. The van der Waals surface area contributed by atoms with Crippen molar-refractivity contribution in [3.8, 4) is 5.75 Å². The molecule has 0 heterocycles. The summed E-state index contributed by atoms with van der Waals surface area (Å²) in [6.45, 7) is 12.4. The van der Waals surface area contributed by atoms with E-state index < -0.39 is 0 Å². The number of nitrogens with one attached hydrogen (secondary N) is 1. The van der Waals surface area contributed by atoms with Crippen LogP contribution in [0, 0.1) is 0 Å².